The van der Waals surface area contributed by atoms with Crippen molar-refractivity contribution in [1.82, 2.24) is 25.0 Å². The van der Waals surface area contributed by atoms with Crippen molar-refractivity contribution in [3.8, 4) is 11.3 Å². The van der Waals surface area contributed by atoms with E-state index in [4.69, 9.17) is 4.52 Å². The van der Waals surface area contributed by atoms with E-state index in [0.717, 1.165) is 41.2 Å². The van der Waals surface area contributed by atoms with Gasteiger partial charge in [-0.3, -0.25) is 4.79 Å². The Bertz CT molecular complexity index is 931. The van der Waals surface area contributed by atoms with Crippen LogP contribution in [0.4, 0.5) is 0 Å². The Morgan fingerprint density at radius 3 is 2.85 bits per heavy atom. The molecule has 0 N–H and O–H groups in total. The van der Waals surface area contributed by atoms with E-state index in [1.807, 2.05) is 31.7 Å². The summed E-state index contributed by atoms with van der Waals surface area (Å²) in [5.74, 6) is 1.36. The second-order valence-corrected chi connectivity index (χ2v) is 7.17. The molecule has 8 heteroatoms. The summed E-state index contributed by atoms with van der Waals surface area (Å²) in [6.45, 7) is 6.36. The lowest BCUT2D eigenvalue weighted by molar-refractivity contribution is 0.0727. The highest BCUT2D eigenvalue weighted by atomic mass is 32.1. The van der Waals surface area contributed by atoms with E-state index in [9.17, 15) is 4.79 Å². The monoisotopic (exact) mass is 369 g/mol. The summed E-state index contributed by atoms with van der Waals surface area (Å²) in [4.78, 5) is 28.0. The number of nitrogens with zero attached hydrogens (tertiary/aromatic N) is 5. The summed E-state index contributed by atoms with van der Waals surface area (Å²) in [6.07, 6.45) is 1.83. The van der Waals surface area contributed by atoms with Crippen LogP contribution in [-0.4, -0.2) is 37.5 Å². The molecule has 0 aliphatic carbocycles. The van der Waals surface area contributed by atoms with E-state index in [1.54, 1.807) is 10.9 Å². The molecule has 1 saturated heterocycles. The van der Waals surface area contributed by atoms with Crippen molar-refractivity contribution in [3.05, 3.63) is 45.6 Å². The summed E-state index contributed by atoms with van der Waals surface area (Å²) < 4.78 is 5.28. The fourth-order valence-electron chi connectivity index (χ4n) is 3.52. The fraction of sp³-hybridized carbons (Fsp3) is 0.389. The van der Waals surface area contributed by atoms with E-state index in [0.29, 0.717) is 18.1 Å². The Kier molecular flexibility index (Phi) is 4.28. The third-order valence-electron chi connectivity index (χ3n) is 4.65. The zero-order chi connectivity index (χ0) is 18.3. The molecule has 0 aromatic carbocycles. The number of rotatable bonds is 3. The maximum atomic E-state index is 12.8. The largest absolute Gasteiger partial charge is 0.361 e. The summed E-state index contributed by atoms with van der Waals surface area (Å²) in [6, 6.07) is 1.89. The minimum absolute atomic E-state index is 0.0381. The van der Waals surface area contributed by atoms with Crippen molar-refractivity contribution in [2.45, 2.75) is 39.7 Å². The number of hydrogen-bond acceptors (Lipinski definition) is 7. The molecule has 0 bridgehead atoms. The van der Waals surface area contributed by atoms with Gasteiger partial charge in [0, 0.05) is 11.9 Å². The molecule has 1 fully saturated rings. The van der Waals surface area contributed by atoms with E-state index < -0.39 is 0 Å². The predicted octanol–water partition coefficient (Wildman–Crippen LogP) is 3.49. The van der Waals surface area contributed by atoms with Gasteiger partial charge >= 0.3 is 0 Å². The second-order valence-electron chi connectivity index (χ2n) is 6.45. The van der Waals surface area contributed by atoms with Gasteiger partial charge in [0.2, 0.25) is 0 Å². The molecule has 0 radical (unpaired) electrons. The van der Waals surface area contributed by atoms with Crippen LogP contribution in [0.15, 0.2) is 21.5 Å². The normalized spacial score (nSPS) is 17.0. The standard InChI is InChI=1S/C18H19N5O2S/c1-10-17(11(2)25-22-10)14-7-13(20-12(3)21-14)16-5-4-6-23(16)18(24)15-8-26-9-19-15/h7-9,16H,4-6H2,1-3H3. The van der Waals surface area contributed by atoms with Gasteiger partial charge in [0.15, 0.2) is 0 Å². The van der Waals surface area contributed by atoms with Gasteiger partial charge < -0.3 is 9.42 Å². The Labute approximate surface area is 155 Å². The van der Waals surface area contributed by atoms with Gasteiger partial charge in [-0.2, -0.15) is 0 Å². The van der Waals surface area contributed by atoms with Crippen LogP contribution < -0.4 is 0 Å². The average molecular weight is 369 g/mol. The maximum Gasteiger partial charge on any atom is 0.273 e. The fourth-order valence-corrected chi connectivity index (χ4v) is 4.05. The van der Waals surface area contributed by atoms with Crippen molar-refractivity contribution in [3.63, 3.8) is 0 Å². The summed E-state index contributed by atoms with van der Waals surface area (Å²) in [5, 5.41) is 5.81. The minimum atomic E-state index is -0.0647. The van der Waals surface area contributed by atoms with Crippen LogP contribution in [0.2, 0.25) is 0 Å². The average Bonchev–Trinajstić information content (AvgIpc) is 3.35. The minimum Gasteiger partial charge on any atom is -0.361 e. The van der Waals surface area contributed by atoms with Crippen molar-refractivity contribution in [1.29, 1.82) is 0 Å². The lowest BCUT2D eigenvalue weighted by Crippen LogP contribution is -2.31. The first-order valence-electron chi connectivity index (χ1n) is 8.52. The van der Waals surface area contributed by atoms with Crippen LogP contribution in [0, 0.1) is 20.8 Å². The van der Waals surface area contributed by atoms with Gasteiger partial charge in [-0.05, 0) is 39.7 Å². The lowest BCUT2D eigenvalue weighted by atomic mass is 10.1. The smallest absolute Gasteiger partial charge is 0.273 e. The summed E-state index contributed by atoms with van der Waals surface area (Å²) in [5.41, 5.74) is 5.52. The number of carbonyl (C=O) groups excluding carboxylic acids is 1. The van der Waals surface area contributed by atoms with Crippen LogP contribution in [0.5, 0.6) is 0 Å². The maximum absolute atomic E-state index is 12.8. The molecule has 1 unspecified atom stereocenters. The van der Waals surface area contributed by atoms with Crippen LogP contribution in [0.1, 0.15) is 52.3 Å². The molecule has 0 spiro atoms. The number of likely N-dealkylation sites (tertiary alicyclic amines) is 1. The quantitative estimate of drug-likeness (QED) is 0.702. The Morgan fingerprint density at radius 2 is 2.15 bits per heavy atom. The lowest BCUT2D eigenvalue weighted by Gasteiger charge is -2.24. The third kappa shape index (κ3) is 2.90. The van der Waals surface area contributed by atoms with Gasteiger partial charge in [0.1, 0.15) is 17.3 Å². The van der Waals surface area contributed by atoms with Crippen molar-refractivity contribution < 1.29 is 9.32 Å². The second kappa shape index (κ2) is 6.60. The number of carbonyl (C=O) groups is 1. The molecule has 1 aliphatic heterocycles. The van der Waals surface area contributed by atoms with Crippen LogP contribution >= 0.6 is 11.3 Å². The highest BCUT2D eigenvalue weighted by Gasteiger charge is 2.33. The summed E-state index contributed by atoms with van der Waals surface area (Å²) >= 11 is 1.43. The van der Waals surface area contributed by atoms with Crippen LogP contribution in [0.3, 0.4) is 0 Å². The van der Waals surface area contributed by atoms with Gasteiger partial charge in [-0.25, -0.2) is 15.0 Å². The Morgan fingerprint density at radius 1 is 1.31 bits per heavy atom. The predicted molar refractivity (Wildman–Crippen MR) is 96.9 cm³/mol. The molecule has 134 valence electrons. The number of thiazole rings is 1. The molecule has 4 heterocycles. The van der Waals surface area contributed by atoms with Gasteiger partial charge in [-0.15, -0.1) is 11.3 Å². The zero-order valence-corrected chi connectivity index (χ0v) is 15.7. The first kappa shape index (κ1) is 16.8. The molecule has 7 nitrogen and oxygen atoms in total. The topological polar surface area (TPSA) is 85.0 Å². The molecule has 4 rings (SSSR count). The van der Waals surface area contributed by atoms with E-state index >= 15 is 0 Å². The molecule has 1 aliphatic rings. The molecule has 0 saturated carbocycles. The molecular formula is C18H19N5O2S. The van der Waals surface area contributed by atoms with Crippen molar-refractivity contribution in [2.75, 3.05) is 6.54 Å². The zero-order valence-electron chi connectivity index (χ0n) is 14.9. The molecule has 3 aromatic heterocycles. The number of hydrogen-bond donors (Lipinski definition) is 0. The van der Waals surface area contributed by atoms with Crippen molar-refractivity contribution in [2.24, 2.45) is 0 Å². The number of amides is 1. The molecule has 1 amide bonds. The molecule has 26 heavy (non-hydrogen) atoms. The molecule has 1 atom stereocenters. The highest BCUT2D eigenvalue weighted by molar-refractivity contribution is 7.07. The van der Waals surface area contributed by atoms with Gasteiger partial charge in [-0.1, -0.05) is 5.16 Å². The third-order valence-corrected chi connectivity index (χ3v) is 5.24. The van der Waals surface area contributed by atoms with Gasteiger partial charge in [0.05, 0.1) is 34.2 Å². The van der Waals surface area contributed by atoms with Crippen LogP contribution in [-0.2, 0) is 0 Å². The SMILES string of the molecule is Cc1nc(-c2c(C)noc2C)cc(C2CCCN2C(=O)c2cscn2)n1. The molecular weight excluding hydrogens is 350 g/mol. The van der Waals surface area contributed by atoms with Crippen LogP contribution in [0.25, 0.3) is 11.3 Å². The summed E-state index contributed by atoms with van der Waals surface area (Å²) in [7, 11) is 0. The first-order valence-corrected chi connectivity index (χ1v) is 9.47. The number of aromatic nitrogens is 4. The Balaban J connectivity index is 1.72. The first-order chi connectivity index (χ1) is 12.5. The van der Waals surface area contributed by atoms with Gasteiger partial charge in [0.25, 0.3) is 5.91 Å². The highest BCUT2D eigenvalue weighted by Crippen LogP contribution is 2.34. The Hall–Kier alpha value is -2.61. The van der Waals surface area contributed by atoms with E-state index in [2.05, 4.69) is 20.1 Å². The van der Waals surface area contributed by atoms with Crippen molar-refractivity contribution >= 4 is 17.2 Å². The van der Waals surface area contributed by atoms with E-state index in [1.165, 1.54) is 11.3 Å². The van der Waals surface area contributed by atoms with E-state index in [-0.39, 0.29) is 11.9 Å². The number of aryl methyl sites for hydroxylation is 3. The molecule has 3 aromatic rings.